The summed E-state index contributed by atoms with van der Waals surface area (Å²) >= 11 is 0. The van der Waals surface area contributed by atoms with Gasteiger partial charge in [0.1, 0.15) is 11.1 Å². The number of amides is 2. The summed E-state index contributed by atoms with van der Waals surface area (Å²) in [7, 11) is 0. The summed E-state index contributed by atoms with van der Waals surface area (Å²) in [6, 6.07) is 0. The van der Waals surface area contributed by atoms with E-state index in [0.717, 1.165) is 0 Å². The number of carbonyl (C=O) groups is 2. The van der Waals surface area contributed by atoms with Crippen LogP contribution < -0.4 is 0 Å². The summed E-state index contributed by atoms with van der Waals surface area (Å²) in [6.45, 7) is 6.25. The Morgan fingerprint density at radius 1 is 1.44 bits per heavy atom. The van der Waals surface area contributed by atoms with Gasteiger partial charge >= 0.3 is 6.09 Å². The molecule has 2 rings (SSSR count). The Morgan fingerprint density at radius 2 is 2.06 bits per heavy atom. The molecule has 2 aliphatic heterocycles. The first kappa shape index (κ1) is 11.4. The molecule has 2 amide bonds. The van der Waals surface area contributed by atoms with Gasteiger partial charge in [-0.15, -0.1) is 0 Å². The van der Waals surface area contributed by atoms with Crippen LogP contribution in [-0.4, -0.2) is 41.3 Å². The van der Waals surface area contributed by atoms with Gasteiger partial charge in [0, 0.05) is 6.42 Å². The average molecular weight is 227 g/mol. The summed E-state index contributed by atoms with van der Waals surface area (Å²) in [5, 5.41) is 0. The molecule has 1 spiro atoms. The van der Waals surface area contributed by atoms with E-state index in [1.165, 1.54) is 4.90 Å². The maximum Gasteiger partial charge on any atom is 0.417 e. The summed E-state index contributed by atoms with van der Waals surface area (Å²) < 4.78 is 10.4. The fraction of sp³-hybridized carbons (Fsp3) is 0.818. The van der Waals surface area contributed by atoms with E-state index in [2.05, 4.69) is 0 Å². The zero-order valence-corrected chi connectivity index (χ0v) is 9.91. The normalized spacial score (nSPS) is 23.4. The second-order valence-corrected chi connectivity index (χ2v) is 5.43. The number of ether oxygens (including phenoxy) is 2. The minimum absolute atomic E-state index is 0.155. The van der Waals surface area contributed by atoms with Crippen molar-refractivity contribution in [2.75, 3.05) is 13.2 Å². The van der Waals surface area contributed by atoms with E-state index < -0.39 is 17.2 Å². The van der Waals surface area contributed by atoms with Crippen molar-refractivity contribution in [3.63, 3.8) is 0 Å². The molecule has 16 heavy (non-hydrogen) atoms. The van der Waals surface area contributed by atoms with Crippen LogP contribution in [0.25, 0.3) is 0 Å². The first-order valence-electron chi connectivity index (χ1n) is 5.48. The van der Waals surface area contributed by atoms with E-state index in [9.17, 15) is 9.59 Å². The molecule has 0 aromatic rings. The van der Waals surface area contributed by atoms with E-state index in [4.69, 9.17) is 9.47 Å². The number of rotatable bonds is 0. The molecule has 5 nitrogen and oxygen atoms in total. The van der Waals surface area contributed by atoms with Gasteiger partial charge < -0.3 is 9.47 Å². The van der Waals surface area contributed by atoms with Gasteiger partial charge in [0.25, 0.3) is 0 Å². The predicted molar refractivity (Wildman–Crippen MR) is 55.9 cm³/mol. The number of likely N-dealkylation sites (tertiary alicyclic amines) is 1. The van der Waals surface area contributed by atoms with Gasteiger partial charge in [-0.25, -0.2) is 9.69 Å². The van der Waals surface area contributed by atoms with E-state index in [1.807, 2.05) is 0 Å². The van der Waals surface area contributed by atoms with Gasteiger partial charge in [-0.3, -0.25) is 4.79 Å². The standard InChI is InChI=1S/C11H17NO4/c1-10(2,3)16-9(14)12-8(13)4-5-11(12)6-15-7-11/h4-7H2,1-3H3. The molecule has 0 saturated carbocycles. The lowest BCUT2D eigenvalue weighted by atomic mass is 9.94. The highest BCUT2D eigenvalue weighted by Gasteiger charge is 2.54. The molecule has 0 atom stereocenters. The van der Waals surface area contributed by atoms with Crippen LogP contribution in [0.15, 0.2) is 0 Å². The maximum atomic E-state index is 11.9. The second-order valence-electron chi connectivity index (χ2n) is 5.43. The van der Waals surface area contributed by atoms with Gasteiger partial charge in [0.2, 0.25) is 5.91 Å². The highest BCUT2D eigenvalue weighted by molar-refractivity contribution is 5.95. The molecule has 0 radical (unpaired) electrons. The van der Waals surface area contributed by atoms with Gasteiger partial charge in [-0.05, 0) is 27.2 Å². The van der Waals surface area contributed by atoms with E-state index in [0.29, 0.717) is 26.1 Å². The molecule has 0 unspecified atom stereocenters. The van der Waals surface area contributed by atoms with Crippen LogP contribution in [0.4, 0.5) is 4.79 Å². The summed E-state index contributed by atoms with van der Waals surface area (Å²) in [4.78, 5) is 24.8. The Labute approximate surface area is 94.7 Å². The third kappa shape index (κ3) is 1.80. The first-order valence-corrected chi connectivity index (χ1v) is 5.48. The van der Waals surface area contributed by atoms with Crippen molar-refractivity contribution >= 4 is 12.0 Å². The van der Waals surface area contributed by atoms with Crippen molar-refractivity contribution in [1.82, 2.24) is 4.90 Å². The zero-order valence-electron chi connectivity index (χ0n) is 9.91. The molecule has 0 bridgehead atoms. The quantitative estimate of drug-likeness (QED) is 0.626. The molecule has 2 fully saturated rings. The molecular weight excluding hydrogens is 210 g/mol. The summed E-state index contributed by atoms with van der Waals surface area (Å²) in [6.07, 6.45) is 0.548. The van der Waals surface area contributed by atoms with Crippen LogP contribution in [0.3, 0.4) is 0 Å². The molecule has 0 aromatic carbocycles. The molecule has 2 saturated heterocycles. The van der Waals surface area contributed by atoms with Crippen LogP contribution >= 0.6 is 0 Å². The van der Waals surface area contributed by atoms with E-state index in [-0.39, 0.29) is 5.91 Å². The highest BCUT2D eigenvalue weighted by Crippen LogP contribution is 2.37. The third-order valence-electron chi connectivity index (χ3n) is 2.85. The van der Waals surface area contributed by atoms with Crippen LogP contribution in [0, 0.1) is 0 Å². The van der Waals surface area contributed by atoms with Crippen molar-refractivity contribution in [1.29, 1.82) is 0 Å². The Bertz CT molecular complexity index is 327. The lowest BCUT2D eigenvalue weighted by Crippen LogP contribution is -2.62. The summed E-state index contributed by atoms with van der Waals surface area (Å²) in [5.74, 6) is -0.155. The molecule has 0 N–H and O–H groups in total. The SMILES string of the molecule is CC(C)(C)OC(=O)N1C(=O)CCC12COC2. The maximum absolute atomic E-state index is 11.9. The highest BCUT2D eigenvalue weighted by atomic mass is 16.6. The molecule has 2 aliphatic rings. The number of carbonyl (C=O) groups excluding carboxylic acids is 2. The average Bonchev–Trinajstić information content (AvgIpc) is 2.38. The predicted octanol–water partition coefficient (Wildman–Crippen LogP) is 1.31. The van der Waals surface area contributed by atoms with Crippen LogP contribution in [0.5, 0.6) is 0 Å². The molecular formula is C11H17NO4. The first-order chi connectivity index (χ1) is 7.34. The smallest absolute Gasteiger partial charge is 0.417 e. The molecule has 2 heterocycles. The van der Waals surface area contributed by atoms with Gasteiger partial charge in [-0.1, -0.05) is 0 Å². The number of hydrogen-bond acceptors (Lipinski definition) is 4. The fourth-order valence-corrected chi connectivity index (χ4v) is 2.04. The van der Waals surface area contributed by atoms with Crippen molar-refractivity contribution in [2.24, 2.45) is 0 Å². The Kier molecular flexibility index (Phi) is 2.45. The van der Waals surface area contributed by atoms with E-state index >= 15 is 0 Å². The third-order valence-corrected chi connectivity index (χ3v) is 2.85. The van der Waals surface area contributed by atoms with Crippen molar-refractivity contribution < 1.29 is 19.1 Å². The topological polar surface area (TPSA) is 55.8 Å². The molecule has 90 valence electrons. The second kappa shape index (κ2) is 3.45. The summed E-state index contributed by atoms with van der Waals surface area (Å²) in [5.41, 5.74) is -0.995. The number of nitrogens with zero attached hydrogens (tertiary/aromatic N) is 1. The van der Waals surface area contributed by atoms with Gasteiger partial charge in [0.15, 0.2) is 0 Å². The van der Waals surface area contributed by atoms with Crippen molar-refractivity contribution in [3.05, 3.63) is 0 Å². The minimum atomic E-state index is -0.578. The van der Waals surface area contributed by atoms with E-state index in [1.54, 1.807) is 20.8 Å². The number of hydrogen-bond donors (Lipinski definition) is 0. The molecule has 0 aliphatic carbocycles. The Morgan fingerprint density at radius 3 is 2.50 bits per heavy atom. The monoisotopic (exact) mass is 227 g/mol. The molecule has 5 heteroatoms. The lowest BCUT2D eigenvalue weighted by molar-refractivity contribution is -0.149. The van der Waals surface area contributed by atoms with Crippen molar-refractivity contribution in [3.8, 4) is 0 Å². The Balaban J connectivity index is 2.12. The van der Waals surface area contributed by atoms with Gasteiger partial charge in [-0.2, -0.15) is 0 Å². The Hall–Kier alpha value is -1.10. The molecule has 0 aromatic heterocycles. The number of imide groups is 1. The zero-order chi connectivity index (χ0) is 12.0. The van der Waals surface area contributed by atoms with Crippen LogP contribution in [0.2, 0.25) is 0 Å². The van der Waals surface area contributed by atoms with Crippen LogP contribution in [0.1, 0.15) is 33.6 Å². The fourth-order valence-electron chi connectivity index (χ4n) is 2.04. The van der Waals surface area contributed by atoms with Crippen molar-refractivity contribution in [2.45, 2.75) is 44.8 Å². The minimum Gasteiger partial charge on any atom is -0.443 e. The largest absolute Gasteiger partial charge is 0.443 e. The lowest BCUT2D eigenvalue weighted by Gasteiger charge is -2.43. The van der Waals surface area contributed by atoms with Crippen LogP contribution in [-0.2, 0) is 14.3 Å². The van der Waals surface area contributed by atoms with Gasteiger partial charge in [0.05, 0.1) is 13.2 Å².